The second-order valence-corrected chi connectivity index (χ2v) is 5.48. The Labute approximate surface area is 113 Å². The van der Waals surface area contributed by atoms with Gasteiger partial charge in [-0.15, -0.1) is 11.3 Å². The Balaban J connectivity index is 2.17. The van der Waals surface area contributed by atoms with Gasteiger partial charge < -0.3 is 10.4 Å². The normalized spacial score (nSPS) is 10.3. The molecule has 0 aliphatic rings. The molecule has 6 heteroatoms. The van der Waals surface area contributed by atoms with Gasteiger partial charge in [-0.1, -0.05) is 17.7 Å². The number of carboxylic acid groups (broad SMARTS) is 1. The number of thiazole rings is 1. The molecule has 0 spiro atoms. The van der Waals surface area contributed by atoms with Crippen LogP contribution in [-0.2, 0) is 6.54 Å². The Bertz CT molecular complexity index is 583. The summed E-state index contributed by atoms with van der Waals surface area (Å²) in [6, 6.07) is 5.18. The smallest absolute Gasteiger partial charge is 0.337 e. The van der Waals surface area contributed by atoms with E-state index in [0.29, 0.717) is 16.7 Å². The quantitative estimate of drug-likeness (QED) is 0.902. The van der Waals surface area contributed by atoms with Crippen LogP contribution in [0.2, 0.25) is 4.47 Å². The highest BCUT2D eigenvalue weighted by Gasteiger charge is 2.10. The highest BCUT2D eigenvalue weighted by atomic mass is 35.5. The Morgan fingerprint density at radius 3 is 2.94 bits per heavy atom. The van der Waals surface area contributed by atoms with Crippen LogP contribution in [0.5, 0.6) is 0 Å². The number of aryl methyl sites for hydroxylation is 1. The van der Waals surface area contributed by atoms with E-state index in [0.717, 1.165) is 10.4 Å². The van der Waals surface area contributed by atoms with E-state index in [2.05, 4.69) is 10.3 Å². The maximum absolute atomic E-state index is 11.1. The number of rotatable bonds is 4. The maximum atomic E-state index is 11.1. The Morgan fingerprint density at radius 1 is 1.56 bits per heavy atom. The summed E-state index contributed by atoms with van der Waals surface area (Å²) >= 11 is 7.10. The van der Waals surface area contributed by atoms with Crippen LogP contribution >= 0.6 is 22.9 Å². The van der Waals surface area contributed by atoms with Crippen molar-refractivity contribution in [1.29, 1.82) is 0 Å². The van der Waals surface area contributed by atoms with Gasteiger partial charge in [-0.25, -0.2) is 9.78 Å². The van der Waals surface area contributed by atoms with Crippen LogP contribution in [0, 0.1) is 6.92 Å². The van der Waals surface area contributed by atoms with Gasteiger partial charge in [0.05, 0.1) is 12.1 Å². The molecule has 4 nitrogen and oxygen atoms in total. The standard InChI is InChI=1S/C12H11ClN2O2S/c1-7-2-3-9(11(16)17)10(4-7)14-5-8-6-15-12(13)18-8/h2-4,6,14H,5H2,1H3,(H,16,17). The summed E-state index contributed by atoms with van der Waals surface area (Å²) in [6.45, 7) is 2.43. The molecule has 94 valence electrons. The number of nitrogens with zero attached hydrogens (tertiary/aromatic N) is 1. The number of nitrogens with one attached hydrogen (secondary N) is 1. The SMILES string of the molecule is Cc1ccc(C(=O)O)c(NCc2cnc(Cl)s2)c1. The van der Waals surface area contributed by atoms with Crippen molar-refractivity contribution in [2.24, 2.45) is 0 Å². The molecule has 0 atom stereocenters. The molecule has 2 aromatic rings. The van der Waals surface area contributed by atoms with E-state index in [1.54, 1.807) is 18.3 Å². The van der Waals surface area contributed by atoms with Gasteiger partial charge in [0.2, 0.25) is 0 Å². The Hall–Kier alpha value is -1.59. The largest absolute Gasteiger partial charge is 0.478 e. The lowest BCUT2D eigenvalue weighted by Crippen LogP contribution is -2.06. The molecule has 0 aliphatic carbocycles. The summed E-state index contributed by atoms with van der Waals surface area (Å²) < 4.78 is 0.481. The third kappa shape index (κ3) is 3.00. The summed E-state index contributed by atoms with van der Waals surface area (Å²) in [6.07, 6.45) is 1.68. The van der Waals surface area contributed by atoms with Crippen LogP contribution in [0.1, 0.15) is 20.8 Å². The van der Waals surface area contributed by atoms with Gasteiger partial charge >= 0.3 is 5.97 Å². The van der Waals surface area contributed by atoms with Crippen molar-refractivity contribution < 1.29 is 9.90 Å². The number of benzene rings is 1. The summed E-state index contributed by atoms with van der Waals surface area (Å²) in [7, 11) is 0. The molecule has 0 saturated carbocycles. The molecule has 2 N–H and O–H groups in total. The van der Waals surface area contributed by atoms with Crippen molar-refractivity contribution in [1.82, 2.24) is 4.98 Å². The van der Waals surface area contributed by atoms with E-state index in [1.807, 2.05) is 13.0 Å². The molecule has 0 bridgehead atoms. The van der Waals surface area contributed by atoms with Gasteiger partial charge in [0.15, 0.2) is 4.47 Å². The average Bonchev–Trinajstić information content (AvgIpc) is 2.72. The molecular weight excluding hydrogens is 272 g/mol. The summed E-state index contributed by atoms with van der Waals surface area (Å²) in [5.41, 5.74) is 1.87. The van der Waals surface area contributed by atoms with Crippen molar-refractivity contribution in [3.05, 3.63) is 44.9 Å². The molecule has 0 saturated heterocycles. The minimum atomic E-state index is -0.945. The highest BCUT2D eigenvalue weighted by molar-refractivity contribution is 7.15. The van der Waals surface area contributed by atoms with Crippen LogP contribution in [0.15, 0.2) is 24.4 Å². The first-order chi connectivity index (χ1) is 8.56. The lowest BCUT2D eigenvalue weighted by molar-refractivity contribution is 0.0698. The highest BCUT2D eigenvalue weighted by Crippen LogP contribution is 2.22. The monoisotopic (exact) mass is 282 g/mol. The molecule has 0 aliphatic heterocycles. The third-order valence-electron chi connectivity index (χ3n) is 2.38. The number of carboxylic acids is 1. The van der Waals surface area contributed by atoms with Gasteiger partial charge in [-0.2, -0.15) is 0 Å². The first kappa shape index (κ1) is 12.9. The molecule has 2 rings (SSSR count). The van der Waals surface area contributed by atoms with Gasteiger partial charge in [0.1, 0.15) is 0 Å². The molecule has 0 radical (unpaired) electrons. The molecule has 1 aromatic heterocycles. The number of hydrogen-bond acceptors (Lipinski definition) is 4. The second kappa shape index (κ2) is 5.37. The van der Waals surface area contributed by atoms with Crippen LogP contribution in [-0.4, -0.2) is 16.1 Å². The summed E-state index contributed by atoms with van der Waals surface area (Å²) in [5.74, 6) is -0.945. The van der Waals surface area contributed by atoms with E-state index in [-0.39, 0.29) is 5.56 Å². The molecule has 1 aromatic carbocycles. The lowest BCUT2D eigenvalue weighted by Gasteiger charge is -2.09. The lowest BCUT2D eigenvalue weighted by atomic mass is 10.1. The predicted octanol–water partition coefficient (Wildman–Crippen LogP) is 3.42. The summed E-state index contributed by atoms with van der Waals surface area (Å²) in [4.78, 5) is 16.0. The number of aromatic nitrogens is 1. The van der Waals surface area contributed by atoms with Crippen LogP contribution in [0.4, 0.5) is 5.69 Å². The zero-order chi connectivity index (χ0) is 13.1. The molecule has 0 unspecified atom stereocenters. The topological polar surface area (TPSA) is 62.2 Å². The molecule has 0 amide bonds. The minimum Gasteiger partial charge on any atom is -0.478 e. The fraction of sp³-hybridized carbons (Fsp3) is 0.167. The first-order valence-corrected chi connectivity index (χ1v) is 6.44. The second-order valence-electron chi connectivity index (χ2n) is 3.79. The molecule has 18 heavy (non-hydrogen) atoms. The first-order valence-electron chi connectivity index (χ1n) is 5.24. The van der Waals surface area contributed by atoms with E-state index >= 15 is 0 Å². The number of halogens is 1. The van der Waals surface area contributed by atoms with Gasteiger partial charge in [-0.05, 0) is 24.6 Å². The van der Waals surface area contributed by atoms with Gasteiger partial charge in [-0.3, -0.25) is 0 Å². The van der Waals surface area contributed by atoms with Crippen molar-refractivity contribution in [2.45, 2.75) is 13.5 Å². The van der Waals surface area contributed by atoms with Crippen LogP contribution < -0.4 is 5.32 Å². The van der Waals surface area contributed by atoms with E-state index in [1.165, 1.54) is 11.3 Å². The van der Waals surface area contributed by atoms with Crippen molar-refractivity contribution in [2.75, 3.05) is 5.32 Å². The molecular formula is C12H11ClN2O2S. The van der Waals surface area contributed by atoms with Crippen LogP contribution in [0.25, 0.3) is 0 Å². The number of hydrogen-bond donors (Lipinski definition) is 2. The van der Waals surface area contributed by atoms with Gasteiger partial charge in [0, 0.05) is 16.8 Å². The van der Waals surface area contributed by atoms with E-state index < -0.39 is 5.97 Å². The maximum Gasteiger partial charge on any atom is 0.337 e. The Morgan fingerprint density at radius 2 is 2.33 bits per heavy atom. The fourth-order valence-corrected chi connectivity index (χ4v) is 2.46. The number of aromatic carboxylic acids is 1. The van der Waals surface area contributed by atoms with E-state index in [4.69, 9.17) is 16.7 Å². The van der Waals surface area contributed by atoms with Crippen molar-refractivity contribution in [3.63, 3.8) is 0 Å². The molecule has 1 heterocycles. The van der Waals surface area contributed by atoms with Crippen LogP contribution in [0.3, 0.4) is 0 Å². The average molecular weight is 283 g/mol. The van der Waals surface area contributed by atoms with E-state index in [9.17, 15) is 4.79 Å². The zero-order valence-corrected chi connectivity index (χ0v) is 11.2. The zero-order valence-electron chi connectivity index (χ0n) is 9.61. The predicted molar refractivity (Wildman–Crippen MR) is 72.6 cm³/mol. The summed E-state index contributed by atoms with van der Waals surface area (Å²) in [5, 5.41) is 12.2. The van der Waals surface area contributed by atoms with Crippen molar-refractivity contribution >= 4 is 34.6 Å². The number of carbonyl (C=O) groups is 1. The fourth-order valence-electron chi connectivity index (χ4n) is 1.54. The minimum absolute atomic E-state index is 0.260. The van der Waals surface area contributed by atoms with Crippen molar-refractivity contribution in [3.8, 4) is 0 Å². The molecule has 0 fully saturated rings. The number of anilines is 1. The van der Waals surface area contributed by atoms with Gasteiger partial charge in [0.25, 0.3) is 0 Å². The Kier molecular flexibility index (Phi) is 3.84. The third-order valence-corrected chi connectivity index (χ3v) is 3.50.